The lowest BCUT2D eigenvalue weighted by Gasteiger charge is -2.31. The van der Waals surface area contributed by atoms with Gasteiger partial charge in [-0.2, -0.15) is 0 Å². The van der Waals surface area contributed by atoms with E-state index in [1.54, 1.807) is 14.2 Å². The number of ether oxygens (including phenoxy) is 4. The third-order valence-electron chi connectivity index (χ3n) is 4.53. The normalized spacial score (nSPS) is 19.2. The summed E-state index contributed by atoms with van der Waals surface area (Å²) in [5.41, 5.74) is 2.20. The highest BCUT2D eigenvalue weighted by Gasteiger charge is 2.34. The predicted molar refractivity (Wildman–Crippen MR) is 101 cm³/mol. The van der Waals surface area contributed by atoms with Gasteiger partial charge in [-0.1, -0.05) is 42.5 Å². The van der Waals surface area contributed by atoms with Gasteiger partial charge >= 0.3 is 5.97 Å². The molecule has 0 bridgehead atoms. The van der Waals surface area contributed by atoms with E-state index in [2.05, 4.69) is 12.1 Å². The standard InChI is InChI=1S/C22H24O5/c1-24-18-11-8-17(9-12-18)15-26-22-19(27-21(23)14-20(22)25-2)13-10-16-6-4-3-5-7-16/h3-9,11-12,14,19,22H,10,13,15H2,1-2H3/t19-,22-/m1/s1. The zero-order chi connectivity index (χ0) is 19.1. The number of esters is 1. The maximum absolute atomic E-state index is 11.9. The van der Waals surface area contributed by atoms with Crippen molar-refractivity contribution in [3.8, 4) is 5.75 Å². The molecule has 0 fully saturated rings. The van der Waals surface area contributed by atoms with Gasteiger partial charge in [0.1, 0.15) is 17.6 Å². The van der Waals surface area contributed by atoms with Crippen molar-refractivity contribution in [1.82, 2.24) is 0 Å². The minimum atomic E-state index is -0.432. The van der Waals surface area contributed by atoms with Crippen LogP contribution < -0.4 is 4.74 Å². The first-order valence-corrected chi connectivity index (χ1v) is 8.94. The monoisotopic (exact) mass is 368 g/mol. The number of carbonyl (C=O) groups excluding carboxylic acids is 1. The molecule has 0 aromatic heterocycles. The van der Waals surface area contributed by atoms with Crippen molar-refractivity contribution in [3.63, 3.8) is 0 Å². The van der Waals surface area contributed by atoms with Gasteiger partial charge in [-0.05, 0) is 36.1 Å². The maximum atomic E-state index is 11.9. The van der Waals surface area contributed by atoms with E-state index >= 15 is 0 Å². The quantitative estimate of drug-likeness (QED) is 0.666. The summed E-state index contributed by atoms with van der Waals surface area (Å²) >= 11 is 0. The average Bonchev–Trinajstić information content (AvgIpc) is 2.72. The largest absolute Gasteiger partial charge is 0.498 e. The van der Waals surface area contributed by atoms with E-state index < -0.39 is 18.2 Å². The number of carbonyl (C=O) groups is 1. The Kier molecular flexibility index (Phi) is 6.49. The van der Waals surface area contributed by atoms with Crippen molar-refractivity contribution >= 4 is 5.97 Å². The summed E-state index contributed by atoms with van der Waals surface area (Å²) in [6.07, 6.45) is 1.98. The topological polar surface area (TPSA) is 54.0 Å². The highest BCUT2D eigenvalue weighted by atomic mass is 16.6. The van der Waals surface area contributed by atoms with Gasteiger partial charge < -0.3 is 18.9 Å². The van der Waals surface area contributed by atoms with Crippen LogP contribution in [-0.4, -0.2) is 32.4 Å². The molecule has 27 heavy (non-hydrogen) atoms. The zero-order valence-electron chi connectivity index (χ0n) is 15.6. The van der Waals surface area contributed by atoms with Gasteiger partial charge in [0.05, 0.1) is 26.9 Å². The molecule has 3 rings (SSSR count). The second-order valence-corrected chi connectivity index (χ2v) is 6.33. The van der Waals surface area contributed by atoms with Crippen LogP contribution in [0.4, 0.5) is 0 Å². The number of rotatable bonds is 8. The summed E-state index contributed by atoms with van der Waals surface area (Å²) in [5, 5.41) is 0. The molecule has 142 valence electrons. The first kappa shape index (κ1) is 19.0. The molecular formula is C22H24O5. The van der Waals surface area contributed by atoms with E-state index in [1.807, 2.05) is 42.5 Å². The smallest absolute Gasteiger partial charge is 0.334 e. The first-order chi connectivity index (χ1) is 13.2. The molecule has 0 radical (unpaired) electrons. The Morgan fingerprint density at radius 3 is 2.33 bits per heavy atom. The Morgan fingerprint density at radius 2 is 1.67 bits per heavy atom. The lowest BCUT2D eigenvalue weighted by Crippen LogP contribution is -2.39. The van der Waals surface area contributed by atoms with Crippen molar-refractivity contribution in [2.24, 2.45) is 0 Å². The van der Waals surface area contributed by atoms with E-state index in [9.17, 15) is 4.79 Å². The van der Waals surface area contributed by atoms with Crippen LogP contribution in [0, 0.1) is 0 Å². The molecular weight excluding hydrogens is 344 g/mol. The van der Waals surface area contributed by atoms with Crippen LogP contribution in [0.2, 0.25) is 0 Å². The third-order valence-corrected chi connectivity index (χ3v) is 4.53. The molecule has 1 aliphatic rings. The average molecular weight is 368 g/mol. The number of hydrogen-bond acceptors (Lipinski definition) is 5. The Morgan fingerprint density at radius 1 is 0.926 bits per heavy atom. The van der Waals surface area contributed by atoms with Crippen molar-refractivity contribution in [3.05, 3.63) is 77.6 Å². The van der Waals surface area contributed by atoms with Crippen LogP contribution >= 0.6 is 0 Å². The number of hydrogen-bond donors (Lipinski definition) is 0. The molecule has 1 heterocycles. The van der Waals surface area contributed by atoms with Crippen LogP contribution in [0.15, 0.2) is 66.4 Å². The highest BCUT2D eigenvalue weighted by molar-refractivity contribution is 5.83. The van der Waals surface area contributed by atoms with Crippen LogP contribution in [0.1, 0.15) is 17.5 Å². The first-order valence-electron chi connectivity index (χ1n) is 8.94. The molecule has 2 atom stereocenters. The molecule has 0 saturated carbocycles. The number of aryl methyl sites for hydroxylation is 1. The molecule has 0 aliphatic carbocycles. The van der Waals surface area contributed by atoms with Crippen LogP contribution in [0.25, 0.3) is 0 Å². The Labute approximate surface area is 159 Å². The molecule has 0 N–H and O–H groups in total. The molecule has 0 unspecified atom stereocenters. The second-order valence-electron chi connectivity index (χ2n) is 6.33. The zero-order valence-corrected chi connectivity index (χ0v) is 15.6. The van der Waals surface area contributed by atoms with E-state index in [-0.39, 0.29) is 0 Å². The molecule has 5 nitrogen and oxygen atoms in total. The van der Waals surface area contributed by atoms with Crippen molar-refractivity contribution < 1.29 is 23.7 Å². The lowest BCUT2D eigenvalue weighted by molar-refractivity contribution is -0.157. The lowest BCUT2D eigenvalue weighted by atomic mass is 10.0. The second kappa shape index (κ2) is 9.24. The fraction of sp³-hybridized carbons (Fsp3) is 0.318. The van der Waals surface area contributed by atoms with Gasteiger partial charge in [-0.25, -0.2) is 4.79 Å². The summed E-state index contributed by atoms with van der Waals surface area (Å²) in [5.74, 6) is 0.899. The van der Waals surface area contributed by atoms with Crippen LogP contribution in [0.5, 0.6) is 5.75 Å². The van der Waals surface area contributed by atoms with Crippen molar-refractivity contribution in [2.75, 3.05) is 14.2 Å². The molecule has 0 amide bonds. The molecule has 1 aliphatic heterocycles. The fourth-order valence-corrected chi connectivity index (χ4v) is 3.06. The van der Waals surface area contributed by atoms with Crippen LogP contribution in [0.3, 0.4) is 0 Å². The molecule has 2 aromatic rings. The maximum Gasteiger partial charge on any atom is 0.334 e. The van der Waals surface area contributed by atoms with Gasteiger partial charge in [-0.3, -0.25) is 0 Å². The van der Waals surface area contributed by atoms with E-state index in [4.69, 9.17) is 18.9 Å². The molecule has 5 heteroatoms. The predicted octanol–water partition coefficient (Wildman–Crippen LogP) is 3.67. The summed E-state index contributed by atoms with van der Waals surface area (Å²) in [6, 6.07) is 17.8. The highest BCUT2D eigenvalue weighted by Crippen LogP contribution is 2.25. The van der Waals surface area contributed by atoms with E-state index in [0.29, 0.717) is 18.8 Å². The van der Waals surface area contributed by atoms with Gasteiger partial charge in [0.15, 0.2) is 6.10 Å². The summed E-state index contributed by atoms with van der Waals surface area (Å²) in [6.45, 7) is 0.384. The van der Waals surface area contributed by atoms with Gasteiger partial charge in [0.2, 0.25) is 0 Å². The van der Waals surface area contributed by atoms with Gasteiger partial charge in [0, 0.05) is 0 Å². The number of cyclic esters (lactones) is 1. The summed E-state index contributed by atoms with van der Waals surface area (Å²) in [4.78, 5) is 11.9. The summed E-state index contributed by atoms with van der Waals surface area (Å²) in [7, 11) is 3.18. The van der Waals surface area contributed by atoms with E-state index in [0.717, 1.165) is 17.7 Å². The Balaban J connectivity index is 1.68. The fourth-order valence-electron chi connectivity index (χ4n) is 3.06. The van der Waals surface area contributed by atoms with Crippen LogP contribution in [-0.2, 0) is 32.0 Å². The van der Waals surface area contributed by atoms with E-state index in [1.165, 1.54) is 11.6 Å². The molecule has 0 saturated heterocycles. The minimum absolute atomic E-state index is 0.384. The minimum Gasteiger partial charge on any atom is -0.498 e. The summed E-state index contributed by atoms with van der Waals surface area (Å²) < 4.78 is 22.2. The van der Waals surface area contributed by atoms with Gasteiger partial charge in [-0.15, -0.1) is 0 Å². The van der Waals surface area contributed by atoms with Crippen molar-refractivity contribution in [1.29, 1.82) is 0 Å². The number of benzene rings is 2. The van der Waals surface area contributed by atoms with Gasteiger partial charge in [0.25, 0.3) is 0 Å². The third kappa shape index (κ3) is 5.11. The SMILES string of the molecule is COC1=CC(=O)O[C@H](CCc2ccccc2)[C@H]1OCc1ccc(OC)cc1. The van der Waals surface area contributed by atoms with Crippen molar-refractivity contribution in [2.45, 2.75) is 31.7 Å². The molecule has 2 aromatic carbocycles. The Hall–Kier alpha value is -2.79. The number of methoxy groups -OCH3 is 2. The molecule has 0 spiro atoms. The Bertz CT molecular complexity index is 767.